The number of rotatable bonds is 2. The number of aryl methyl sites for hydroxylation is 2. The number of hydrogen-bond donors (Lipinski definition) is 2. The van der Waals surface area contributed by atoms with E-state index in [0.717, 1.165) is 18.7 Å². The van der Waals surface area contributed by atoms with E-state index < -0.39 is 0 Å². The number of ether oxygens (including phenoxy) is 1. The van der Waals surface area contributed by atoms with E-state index in [1.165, 1.54) is 11.1 Å². The molecule has 1 aliphatic rings. The Bertz CT molecular complexity index is 365. The van der Waals surface area contributed by atoms with Crippen molar-refractivity contribution in [2.75, 3.05) is 18.5 Å². The van der Waals surface area contributed by atoms with Crippen LogP contribution in [0.3, 0.4) is 0 Å². The van der Waals surface area contributed by atoms with Crippen LogP contribution in [0.4, 0.5) is 5.69 Å². The van der Waals surface area contributed by atoms with Crippen LogP contribution in [-0.4, -0.2) is 25.3 Å². The van der Waals surface area contributed by atoms with Crippen LogP contribution in [0.15, 0.2) is 18.2 Å². The lowest BCUT2D eigenvalue weighted by atomic mass is 10.0. The van der Waals surface area contributed by atoms with Crippen molar-refractivity contribution in [2.24, 2.45) is 5.73 Å². The second-order valence-electron chi connectivity index (χ2n) is 4.58. The van der Waals surface area contributed by atoms with Crippen molar-refractivity contribution in [1.29, 1.82) is 0 Å². The molecular formula is C13H20N2O. The molecule has 0 radical (unpaired) electrons. The fourth-order valence-electron chi connectivity index (χ4n) is 1.98. The van der Waals surface area contributed by atoms with Crippen molar-refractivity contribution in [1.82, 2.24) is 0 Å². The van der Waals surface area contributed by atoms with Gasteiger partial charge >= 0.3 is 0 Å². The summed E-state index contributed by atoms with van der Waals surface area (Å²) in [5, 5.41) is 3.49. The van der Waals surface area contributed by atoms with Gasteiger partial charge in [0, 0.05) is 24.4 Å². The van der Waals surface area contributed by atoms with Crippen molar-refractivity contribution >= 4 is 5.69 Å². The van der Waals surface area contributed by atoms with Crippen LogP contribution in [-0.2, 0) is 4.74 Å². The van der Waals surface area contributed by atoms with Gasteiger partial charge in [-0.2, -0.15) is 0 Å². The van der Waals surface area contributed by atoms with Crippen LogP contribution < -0.4 is 11.1 Å². The first-order chi connectivity index (χ1) is 7.66. The molecule has 3 heteroatoms. The predicted molar refractivity (Wildman–Crippen MR) is 66.7 cm³/mol. The Kier molecular flexibility index (Phi) is 3.46. The summed E-state index contributed by atoms with van der Waals surface area (Å²) in [6.07, 6.45) is 0.980. The fourth-order valence-corrected chi connectivity index (χ4v) is 1.98. The maximum absolute atomic E-state index is 6.01. The van der Waals surface area contributed by atoms with E-state index in [1.54, 1.807) is 0 Å². The van der Waals surface area contributed by atoms with Gasteiger partial charge in [-0.3, -0.25) is 0 Å². The summed E-state index contributed by atoms with van der Waals surface area (Å²) < 4.78 is 5.33. The molecule has 0 amide bonds. The second-order valence-corrected chi connectivity index (χ2v) is 4.58. The predicted octanol–water partition coefficient (Wildman–Crippen LogP) is 1.83. The Balaban J connectivity index is 2.05. The van der Waals surface area contributed by atoms with Gasteiger partial charge in [0.25, 0.3) is 0 Å². The van der Waals surface area contributed by atoms with Gasteiger partial charge in [-0.05, 0) is 43.5 Å². The quantitative estimate of drug-likeness (QED) is 0.799. The van der Waals surface area contributed by atoms with Crippen LogP contribution in [0.5, 0.6) is 0 Å². The molecule has 2 unspecified atom stereocenters. The average molecular weight is 220 g/mol. The summed E-state index contributed by atoms with van der Waals surface area (Å²) in [6, 6.07) is 6.86. The van der Waals surface area contributed by atoms with Crippen molar-refractivity contribution in [3.8, 4) is 0 Å². The molecule has 1 aromatic rings. The smallest absolute Gasteiger partial charge is 0.0637 e. The standard InChI is InChI=1S/C13H20N2O/c1-9-3-4-11(7-10(9)2)15-13-5-6-16-8-12(13)14/h3-4,7,12-13,15H,5-6,8,14H2,1-2H3. The average Bonchev–Trinajstić information content (AvgIpc) is 2.27. The van der Waals surface area contributed by atoms with E-state index in [4.69, 9.17) is 10.5 Å². The highest BCUT2D eigenvalue weighted by Gasteiger charge is 2.21. The minimum Gasteiger partial charge on any atom is -0.381 e. The zero-order valence-electron chi connectivity index (χ0n) is 9.99. The minimum absolute atomic E-state index is 0.0929. The highest BCUT2D eigenvalue weighted by atomic mass is 16.5. The van der Waals surface area contributed by atoms with Gasteiger partial charge in [0.05, 0.1) is 6.61 Å². The highest BCUT2D eigenvalue weighted by Crippen LogP contribution is 2.18. The van der Waals surface area contributed by atoms with Gasteiger partial charge < -0.3 is 15.8 Å². The van der Waals surface area contributed by atoms with E-state index in [2.05, 4.69) is 37.4 Å². The molecule has 0 aromatic heterocycles. The minimum atomic E-state index is 0.0929. The number of nitrogens with two attached hydrogens (primary N) is 1. The third-order valence-corrected chi connectivity index (χ3v) is 3.26. The van der Waals surface area contributed by atoms with E-state index in [1.807, 2.05) is 0 Å². The lowest BCUT2D eigenvalue weighted by Crippen LogP contribution is -2.47. The number of anilines is 1. The van der Waals surface area contributed by atoms with Crippen LogP contribution in [0.1, 0.15) is 17.5 Å². The molecule has 1 aromatic carbocycles. The monoisotopic (exact) mass is 220 g/mol. The molecule has 88 valence electrons. The van der Waals surface area contributed by atoms with Crippen LogP contribution in [0, 0.1) is 13.8 Å². The lowest BCUT2D eigenvalue weighted by Gasteiger charge is -2.30. The van der Waals surface area contributed by atoms with E-state index in [-0.39, 0.29) is 6.04 Å². The maximum Gasteiger partial charge on any atom is 0.0637 e. The fraction of sp³-hybridized carbons (Fsp3) is 0.538. The molecule has 0 aliphatic carbocycles. The van der Waals surface area contributed by atoms with Crippen molar-refractivity contribution in [3.05, 3.63) is 29.3 Å². The molecule has 1 heterocycles. The molecule has 0 bridgehead atoms. The van der Waals surface area contributed by atoms with Gasteiger partial charge in [0.15, 0.2) is 0 Å². The van der Waals surface area contributed by atoms with Crippen LogP contribution >= 0.6 is 0 Å². The van der Waals surface area contributed by atoms with Gasteiger partial charge in [0.2, 0.25) is 0 Å². The SMILES string of the molecule is Cc1ccc(NC2CCOCC2N)cc1C. The Morgan fingerprint density at radius 3 is 2.81 bits per heavy atom. The van der Waals surface area contributed by atoms with Crippen molar-refractivity contribution < 1.29 is 4.74 Å². The zero-order chi connectivity index (χ0) is 11.5. The normalized spacial score (nSPS) is 25.4. The van der Waals surface area contributed by atoms with E-state index in [0.29, 0.717) is 12.6 Å². The largest absolute Gasteiger partial charge is 0.381 e. The molecular weight excluding hydrogens is 200 g/mol. The molecule has 3 N–H and O–H groups in total. The van der Waals surface area contributed by atoms with Crippen LogP contribution in [0.25, 0.3) is 0 Å². The molecule has 1 aliphatic heterocycles. The lowest BCUT2D eigenvalue weighted by molar-refractivity contribution is 0.0752. The summed E-state index contributed by atoms with van der Waals surface area (Å²) in [6.45, 7) is 5.71. The van der Waals surface area contributed by atoms with E-state index >= 15 is 0 Å². The topological polar surface area (TPSA) is 47.3 Å². The third kappa shape index (κ3) is 2.54. The summed E-state index contributed by atoms with van der Waals surface area (Å²) in [7, 11) is 0. The highest BCUT2D eigenvalue weighted by molar-refractivity contribution is 5.49. The van der Waals surface area contributed by atoms with Gasteiger partial charge in [-0.1, -0.05) is 6.07 Å². The van der Waals surface area contributed by atoms with Gasteiger partial charge in [0.1, 0.15) is 0 Å². The first-order valence-electron chi connectivity index (χ1n) is 5.84. The Morgan fingerprint density at radius 2 is 2.12 bits per heavy atom. The Labute approximate surface area is 97.0 Å². The molecule has 0 spiro atoms. The summed E-state index contributed by atoms with van der Waals surface area (Å²) in [5.41, 5.74) is 9.80. The Hall–Kier alpha value is -1.06. The molecule has 16 heavy (non-hydrogen) atoms. The third-order valence-electron chi connectivity index (χ3n) is 3.26. The molecule has 1 saturated heterocycles. The molecule has 1 fully saturated rings. The number of hydrogen-bond acceptors (Lipinski definition) is 3. The van der Waals surface area contributed by atoms with Gasteiger partial charge in [-0.15, -0.1) is 0 Å². The maximum atomic E-state index is 6.01. The zero-order valence-corrected chi connectivity index (χ0v) is 9.99. The Morgan fingerprint density at radius 1 is 1.31 bits per heavy atom. The van der Waals surface area contributed by atoms with Gasteiger partial charge in [-0.25, -0.2) is 0 Å². The van der Waals surface area contributed by atoms with E-state index in [9.17, 15) is 0 Å². The first kappa shape index (κ1) is 11.4. The van der Waals surface area contributed by atoms with Crippen LogP contribution in [0.2, 0.25) is 0 Å². The van der Waals surface area contributed by atoms with Crippen molar-refractivity contribution in [2.45, 2.75) is 32.4 Å². The molecule has 2 atom stereocenters. The first-order valence-corrected chi connectivity index (χ1v) is 5.84. The van der Waals surface area contributed by atoms with Crippen molar-refractivity contribution in [3.63, 3.8) is 0 Å². The second kappa shape index (κ2) is 4.85. The summed E-state index contributed by atoms with van der Waals surface area (Å²) in [4.78, 5) is 0. The molecule has 3 nitrogen and oxygen atoms in total. The number of nitrogens with one attached hydrogen (secondary N) is 1. The molecule has 2 rings (SSSR count). The molecule has 0 saturated carbocycles. The summed E-state index contributed by atoms with van der Waals surface area (Å²) >= 11 is 0. The number of benzene rings is 1. The summed E-state index contributed by atoms with van der Waals surface area (Å²) in [5.74, 6) is 0.